The summed E-state index contributed by atoms with van der Waals surface area (Å²) < 4.78 is 0. The van der Waals surface area contributed by atoms with Crippen molar-refractivity contribution in [1.29, 1.82) is 0 Å². The van der Waals surface area contributed by atoms with E-state index >= 15 is 0 Å². The van der Waals surface area contributed by atoms with E-state index in [2.05, 4.69) is 27.7 Å². The Bertz CT molecular complexity index is 1200. The average molecular weight is 1100 g/mol. The van der Waals surface area contributed by atoms with Crippen molar-refractivity contribution in [3.8, 4) is 0 Å². The number of aryl methyl sites for hydroxylation is 3. The molecule has 0 fully saturated rings. The fraction of sp³-hybridized carbons (Fsp3) is 0.948. The molecule has 0 spiro atoms. The van der Waals surface area contributed by atoms with Crippen LogP contribution in [0.15, 0.2) is 0 Å². The summed E-state index contributed by atoms with van der Waals surface area (Å²) in [4.78, 5) is 10.4. The van der Waals surface area contributed by atoms with Crippen molar-refractivity contribution >= 4 is 0 Å². The van der Waals surface area contributed by atoms with Gasteiger partial charge in [0.2, 0.25) is 0 Å². The maximum absolute atomic E-state index is 5.19. The molecule has 1 aromatic rings. The van der Waals surface area contributed by atoms with Crippen molar-refractivity contribution in [1.82, 2.24) is 9.97 Å². The lowest BCUT2D eigenvalue weighted by atomic mass is 9.96. The first kappa shape index (κ1) is 76.1. The molecular formula is C77H150N2. The van der Waals surface area contributed by atoms with Gasteiger partial charge in [0, 0.05) is 11.4 Å². The zero-order chi connectivity index (χ0) is 56.5. The molecule has 0 aliphatic carbocycles. The number of unbranched alkanes of at least 4 members (excludes halogenated alkanes) is 63. The van der Waals surface area contributed by atoms with Crippen LogP contribution in [0.5, 0.6) is 0 Å². The van der Waals surface area contributed by atoms with Gasteiger partial charge >= 0.3 is 0 Å². The Labute approximate surface area is 501 Å². The topological polar surface area (TPSA) is 25.8 Å². The average Bonchev–Trinajstić information content (AvgIpc) is 3.47. The Kier molecular flexibility index (Phi) is 63.8. The Hall–Kier alpha value is -0.920. The molecule has 79 heavy (non-hydrogen) atoms. The van der Waals surface area contributed by atoms with Gasteiger partial charge in [-0.3, -0.25) is 0 Å². The zero-order valence-corrected chi connectivity index (χ0v) is 55.7. The van der Waals surface area contributed by atoms with E-state index in [9.17, 15) is 0 Å². The molecule has 0 unspecified atom stereocenters. The summed E-state index contributed by atoms with van der Waals surface area (Å²) in [5, 5.41) is 0. The van der Waals surface area contributed by atoms with E-state index in [0.717, 1.165) is 5.82 Å². The van der Waals surface area contributed by atoms with Crippen LogP contribution >= 0.6 is 0 Å². The van der Waals surface area contributed by atoms with Crippen LogP contribution < -0.4 is 0 Å². The van der Waals surface area contributed by atoms with Crippen molar-refractivity contribution < 1.29 is 0 Å². The Morgan fingerprint density at radius 2 is 0.291 bits per heavy atom. The van der Waals surface area contributed by atoms with Crippen molar-refractivity contribution in [3.05, 3.63) is 22.8 Å². The lowest BCUT2D eigenvalue weighted by Crippen LogP contribution is -2.09. The van der Waals surface area contributed by atoms with Crippen molar-refractivity contribution in [2.45, 2.75) is 471 Å². The summed E-state index contributed by atoms with van der Waals surface area (Å²) in [5.41, 5.74) is 4.43. The number of rotatable bonds is 69. The van der Waals surface area contributed by atoms with Crippen LogP contribution in [0.3, 0.4) is 0 Å². The maximum atomic E-state index is 5.19. The molecule has 0 saturated heterocycles. The number of nitrogens with zero attached hydrogens (tertiary/aromatic N) is 2. The number of hydrogen-bond donors (Lipinski definition) is 0. The Morgan fingerprint density at radius 3 is 0.443 bits per heavy atom. The molecule has 0 N–H and O–H groups in total. The van der Waals surface area contributed by atoms with Gasteiger partial charge in [-0.15, -0.1) is 0 Å². The van der Waals surface area contributed by atoms with Gasteiger partial charge in [0.25, 0.3) is 0 Å². The zero-order valence-electron chi connectivity index (χ0n) is 55.7. The fourth-order valence-electron chi connectivity index (χ4n) is 13.1. The molecular weight excluding hydrogens is 953 g/mol. The van der Waals surface area contributed by atoms with Crippen molar-refractivity contribution in [3.63, 3.8) is 0 Å². The van der Waals surface area contributed by atoms with Crippen LogP contribution in [-0.4, -0.2) is 9.97 Å². The van der Waals surface area contributed by atoms with Crippen molar-refractivity contribution in [2.24, 2.45) is 0 Å². The monoisotopic (exact) mass is 1100 g/mol. The summed E-state index contributed by atoms with van der Waals surface area (Å²) in [6.07, 6.45) is 99.2. The first-order valence-corrected chi connectivity index (χ1v) is 38.1. The highest BCUT2D eigenvalue weighted by atomic mass is 14.9. The second-order valence-corrected chi connectivity index (χ2v) is 26.7. The van der Waals surface area contributed by atoms with E-state index in [1.807, 2.05) is 0 Å². The minimum absolute atomic E-state index is 1.03. The van der Waals surface area contributed by atoms with E-state index in [-0.39, 0.29) is 0 Å². The highest BCUT2D eigenvalue weighted by molar-refractivity contribution is 5.27. The molecule has 0 radical (unpaired) electrons. The van der Waals surface area contributed by atoms with Crippen LogP contribution in [0.25, 0.3) is 0 Å². The fourth-order valence-corrected chi connectivity index (χ4v) is 13.1. The highest BCUT2D eigenvalue weighted by Gasteiger charge is 2.14. The van der Waals surface area contributed by atoms with E-state index in [0.29, 0.717) is 0 Å². The highest BCUT2D eigenvalue weighted by Crippen LogP contribution is 2.24. The number of hydrogen-bond acceptors (Lipinski definition) is 2. The van der Waals surface area contributed by atoms with Crippen LogP contribution in [0.1, 0.15) is 467 Å². The first-order chi connectivity index (χ1) is 39.2. The molecule has 1 heterocycles. The molecule has 0 aliphatic heterocycles. The van der Waals surface area contributed by atoms with Crippen LogP contribution in [-0.2, 0) is 19.3 Å². The molecule has 0 bridgehead atoms. The molecule has 0 aromatic carbocycles. The quantitative estimate of drug-likeness (QED) is 0.0608. The summed E-state index contributed by atoms with van der Waals surface area (Å²) in [5.74, 6) is 1.03. The van der Waals surface area contributed by atoms with Gasteiger partial charge in [0.1, 0.15) is 5.82 Å². The predicted octanol–water partition coefficient (Wildman–Crippen LogP) is 28.2. The molecule has 2 nitrogen and oxygen atoms in total. The summed E-state index contributed by atoms with van der Waals surface area (Å²) in [6, 6.07) is 0. The Balaban J connectivity index is 2.29. The van der Waals surface area contributed by atoms with Crippen LogP contribution in [0.2, 0.25) is 0 Å². The third-order valence-electron chi connectivity index (χ3n) is 18.6. The maximum Gasteiger partial charge on any atom is 0.125 e. The summed E-state index contributed by atoms with van der Waals surface area (Å²) in [6.45, 7) is 9.13. The van der Waals surface area contributed by atoms with Gasteiger partial charge < -0.3 is 0 Å². The lowest BCUT2D eigenvalue weighted by Gasteiger charge is -2.15. The van der Waals surface area contributed by atoms with E-state index in [1.54, 1.807) is 5.56 Å². The smallest absolute Gasteiger partial charge is 0.125 e. The Morgan fingerprint density at radius 1 is 0.165 bits per heavy atom. The lowest BCUT2D eigenvalue weighted by molar-refractivity contribution is 0.517. The second-order valence-electron chi connectivity index (χ2n) is 26.7. The largest absolute Gasteiger partial charge is 0.238 e. The molecule has 1 aromatic heterocycles. The van der Waals surface area contributed by atoms with Crippen LogP contribution in [0, 0.1) is 6.92 Å². The standard InChI is InChI=1S/C77H150N2/c1-5-8-11-14-17-20-23-26-29-32-35-38-41-44-47-50-53-56-59-62-65-68-71-75-76(72-69-66-63-60-57-54-51-48-45-42-39-36-33-30-27-24-21-18-15-12-9-6-2)78-74(4)79-77(75)73-70-67-64-61-58-55-52-49-46-43-40-37-34-31-28-25-22-19-16-13-10-7-3/h5-73H2,1-4H3. The van der Waals surface area contributed by atoms with Crippen molar-refractivity contribution in [2.75, 3.05) is 0 Å². The minimum Gasteiger partial charge on any atom is -0.238 e. The molecule has 2 heteroatoms. The summed E-state index contributed by atoms with van der Waals surface area (Å²) >= 11 is 0. The number of aromatic nitrogens is 2. The van der Waals surface area contributed by atoms with Gasteiger partial charge in [0.15, 0.2) is 0 Å². The van der Waals surface area contributed by atoms with E-state index in [4.69, 9.17) is 9.97 Å². The molecule has 0 saturated carbocycles. The van der Waals surface area contributed by atoms with Gasteiger partial charge in [0.05, 0.1) is 0 Å². The van der Waals surface area contributed by atoms with Crippen LogP contribution in [0.4, 0.5) is 0 Å². The predicted molar refractivity (Wildman–Crippen MR) is 360 cm³/mol. The first-order valence-electron chi connectivity index (χ1n) is 38.1. The minimum atomic E-state index is 1.03. The van der Waals surface area contributed by atoms with Gasteiger partial charge in [-0.2, -0.15) is 0 Å². The third kappa shape index (κ3) is 57.3. The van der Waals surface area contributed by atoms with E-state index in [1.165, 1.54) is 454 Å². The van der Waals surface area contributed by atoms with Gasteiger partial charge in [-0.25, -0.2) is 9.97 Å². The summed E-state index contributed by atoms with van der Waals surface area (Å²) in [7, 11) is 0. The SMILES string of the molecule is CCCCCCCCCCCCCCCCCCCCCCCCc1nc(C)nc(CCCCCCCCCCCCCCCCCCCCCCCC)c1CCCCCCCCCCCCCCCCCCCCCCCC. The normalized spacial score (nSPS) is 11.7. The molecule has 0 amide bonds. The molecule has 1 rings (SSSR count). The van der Waals surface area contributed by atoms with Gasteiger partial charge in [-0.05, 0) is 51.0 Å². The van der Waals surface area contributed by atoms with E-state index < -0.39 is 0 Å². The molecule has 468 valence electrons. The molecule has 0 aliphatic rings. The van der Waals surface area contributed by atoms with Gasteiger partial charge in [-0.1, -0.05) is 425 Å². The molecule has 0 atom stereocenters. The second kappa shape index (κ2) is 66.2. The third-order valence-corrected chi connectivity index (χ3v) is 18.6.